The average molecular weight is 420 g/mol. The zero-order valence-electron chi connectivity index (χ0n) is 14.7. The molecule has 0 aliphatic rings. The van der Waals surface area contributed by atoms with E-state index in [1.54, 1.807) is 24.3 Å². The second-order valence-electron chi connectivity index (χ2n) is 5.42. The summed E-state index contributed by atoms with van der Waals surface area (Å²) in [4.78, 5) is 23.3. The molecule has 0 aliphatic carbocycles. The van der Waals surface area contributed by atoms with Gasteiger partial charge in [-0.25, -0.2) is 0 Å². The van der Waals surface area contributed by atoms with E-state index in [0.29, 0.717) is 16.3 Å². The predicted molar refractivity (Wildman–Crippen MR) is 106 cm³/mol. The third-order valence-corrected chi connectivity index (χ3v) is 3.88. The minimum absolute atomic E-state index is 0.124. The third kappa shape index (κ3) is 5.64. The Bertz CT molecular complexity index is 984. The molecule has 0 fully saturated rings. The van der Waals surface area contributed by atoms with Crippen LogP contribution in [0.4, 0.5) is 5.69 Å². The number of anilines is 1. The number of primary amides is 1. The molecule has 0 radical (unpaired) electrons. The van der Waals surface area contributed by atoms with Gasteiger partial charge in [-0.2, -0.15) is 5.26 Å². The second-order valence-corrected chi connectivity index (χ2v) is 6.27. The highest BCUT2D eigenvalue weighted by molar-refractivity contribution is 6.32. The highest BCUT2D eigenvalue weighted by Gasteiger charge is 2.15. The number of methoxy groups -OCH3 is 1. The van der Waals surface area contributed by atoms with E-state index >= 15 is 0 Å². The van der Waals surface area contributed by atoms with Gasteiger partial charge in [0.1, 0.15) is 11.6 Å². The van der Waals surface area contributed by atoms with Crippen molar-refractivity contribution in [3.8, 4) is 17.6 Å². The van der Waals surface area contributed by atoms with Crippen LogP contribution in [0.3, 0.4) is 0 Å². The molecule has 0 bridgehead atoms. The first-order valence-corrected chi connectivity index (χ1v) is 8.57. The number of rotatable bonds is 7. The van der Waals surface area contributed by atoms with E-state index in [1.165, 1.54) is 25.3 Å². The van der Waals surface area contributed by atoms with Crippen LogP contribution < -0.4 is 20.5 Å². The van der Waals surface area contributed by atoms with Gasteiger partial charge in [0.15, 0.2) is 18.1 Å². The Hall–Kier alpha value is -3.21. The summed E-state index contributed by atoms with van der Waals surface area (Å²) in [7, 11) is 1.38. The van der Waals surface area contributed by atoms with Crippen LogP contribution in [0.1, 0.15) is 5.56 Å². The second kappa shape index (κ2) is 9.65. The first-order valence-electron chi connectivity index (χ1n) is 7.81. The topological polar surface area (TPSA) is 114 Å². The van der Waals surface area contributed by atoms with E-state index < -0.39 is 11.8 Å². The van der Waals surface area contributed by atoms with Crippen molar-refractivity contribution >= 4 is 46.8 Å². The number of nitrogens with one attached hydrogen (secondary N) is 1. The number of hydrogen-bond donors (Lipinski definition) is 2. The molecule has 0 aliphatic heterocycles. The molecule has 28 heavy (non-hydrogen) atoms. The standard InChI is InChI=1S/C19H15Cl2N3O4/c1-27-16-7-11(6-15(21)18(16)28-10-17(23)25)5-12(9-22)19(26)24-14-4-2-3-13(20)8-14/h2-8H,10H2,1H3,(H2,23,25)(H,24,26)/b12-5+. The number of nitriles is 1. The van der Waals surface area contributed by atoms with Crippen LogP contribution in [-0.2, 0) is 9.59 Å². The number of carbonyl (C=O) groups excluding carboxylic acids is 2. The van der Waals surface area contributed by atoms with Gasteiger partial charge in [0, 0.05) is 10.7 Å². The van der Waals surface area contributed by atoms with Crippen LogP contribution in [0, 0.1) is 11.3 Å². The van der Waals surface area contributed by atoms with Crippen molar-refractivity contribution in [2.45, 2.75) is 0 Å². The lowest BCUT2D eigenvalue weighted by molar-refractivity contribution is -0.120. The van der Waals surface area contributed by atoms with Gasteiger partial charge in [-0.05, 0) is 42.0 Å². The van der Waals surface area contributed by atoms with Gasteiger partial charge in [0.05, 0.1) is 12.1 Å². The minimum Gasteiger partial charge on any atom is -0.493 e. The normalized spacial score (nSPS) is 10.7. The number of ether oxygens (including phenoxy) is 2. The first kappa shape index (κ1) is 21.1. The van der Waals surface area contributed by atoms with Crippen molar-refractivity contribution in [3.63, 3.8) is 0 Å². The largest absolute Gasteiger partial charge is 0.493 e. The molecule has 0 heterocycles. The first-order chi connectivity index (χ1) is 13.3. The molecular weight excluding hydrogens is 405 g/mol. The van der Waals surface area contributed by atoms with E-state index in [-0.39, 0.29) is 28.7 Å². The van der Waals surface area contributed by atoms with Gasteiger partial charge >= 0.3 is 0 Å². The maximum absolute atomic E-state index is 12.4. The summed E-state index contributed by atoms with van der Waals surface area (Å²) < 4.78 is 10.4. The van der Waals surface area contributed by atoms with E-state index in [1.807, 2.05) is 6.07 Å². The van der Waals surface area contributed by atoms with Crippen LogP contribution in [-0.4, -0.2) is 25.5 Å². The molecular formula is C19H15Cl2N3O4. The molecule has 0 atom stereocenters. The predicted octanol–water partition coefficient (Wildman–Crippen LogP) is 3.41. The Balaban J connectivity index is 2.30. The number of amides is 2. The molecule has 0 aromatic heterocycles. The summed E-state index contributed by atoms with van der Waals surface area (Å²) in [5, 5.41) is 12.5. The molecule has 144 valence electrons. The number of halogens is 2. The van der Waals surface area contributed by atoms with Gasteiger partial charge in [-0.15, -0.1) is 0 Å². The molecule has 0 saturated heterocycles. The van der Waals surface area contributed by atoms with Gasteiger partial charge in [-0.1, -0.05) is 29.3 Å². The lowest BCUT2D eigenvalue weighted by Gasteiger charge is -2.12. The fraction of sp³-hybridized carbons (Fsp3) is 0.105. The SMILES string of the molecule is COc1cc(/C=C(\C#N)C(=O)Nc2cccc(Cl)c2)cc(Cl)c1OCC(N)=O. The van der Waals surface area contributed by atoms with Gasteiger partial charge in [0.25, 0.3) is 11.8 Å². The third-order valence-electron chi connectivity index (χ3n) is 3.37. The van der Waals surface area contributed by atoms with Crippen LogP contribution in [0.25, 0.3) is 6.08 Å². The Kier molecular flexibility index (Phi) is 7.27. The smallest absolute Gasteiger partial charge is 0.266 e. The Morgan fingerprint density at radius 2 is 2.04 bits per heavy atom. The van der Waals surface area contributed by atoms with Crippen molar-refractivity contribution in [1.82, 2.24) is 0 Å². The number of nitrogens with zero attached hydrogens (tertiary/aromatic N) is 1. The molecule has 0 unspecified atom stereocenters. The summed E-state index contributed by atoms with van der Waals surface area (Å²) >= 11 is 12.0. The zero-order chi connectivity index (χ0) is 20.7. The Morgan fingerprint density at radius 1 is 1.29 bits per heavy atom. The molecule has 2 aromatic rings. The highest BCUT2D eigenvalue weighted by atomic mass is 35.5. The van der Waals surface area contributed by atoms with Gasteiger partial charge in [0.2, 0.25) is 0 Å². The summed E-state index contributed by atoms with van der Waals surface area (Å²) in [5.74, 6) is -0.949. The monoisotopic (exact) mass is 419 g/mol. The van der Waals surface area contributed by atoms with E-state index in [4.69, 9.17) is 38.4 Å². The number of nitrogens with two attached hydrogens (primary N) is 1. The van der Waals surface area contributed by atoms with Crippen molar-refractivity contribution in [1.29, 1.82) is 5.26 Å². The van der Waals surface area contributed by atoms with E-state index in [9.17, 15) is 14.9 Å². The van der Waals surface area contributed by atoms with Crippen LogP contribution in [0.15, 0.2) is 42.0 Å². The average Bonchev–Trinajstić information content (AvgIpc) is 2.64. The summed E-state index contributed by atoms with van der Waals surface area (Å²) in [6.45, 7) is -0.378. The summed E-state index contributed by atoms with van der Waals surface area (Å²) in [6.07, 6.45) is 1.34. The molecule has 2 amide bonds. The Morgan fingerprint density at radius 3 is 2.64 bits per heavy atom. The summed E-state index contributed by atoms with van der Waals surface area (Å²) in [5.41, 5.74) is 5.76. The lowest BCUT2D eigenvalue weighted by Crippen LogP contribution is -2.20. The molecule has 2 aromatic carbocycles. The fourth-order valence-electron chi connectivity index (χ4n) is 2.19. The summed E-state index contributed by atoms with van der Waals surface area (Å²) in [6, 6.07) is 11.3. The minimum atomic E-state index is -0.674. The zero-order valence-corrected chi connectivity index (χ0v) is 16.2. The molecule has 0 saturated carbocycles. The number of hydrogen-bond acceptors (Lipinski definition) is 5. The molecule has 9 heteroatoms. The van der Waals surface area contributed by atoms with Crippen molar-refractivity contribution < 1.29 is 19.1 Å². The quantitative estimate of drug-likeness (QED) is 0.526. The van der Waals surface area contributed by atoms with Crippen molar-refractivity contribution in [2.24, 2.45) is 5.73 Å². The molecule has 0 spiro atoms. The van der Waals surface area contributed by atoms with Crippen LogP contribution in [0.2, 0.25) is 10.0 Å². The highest BCUT2D eigenvalue weighted by Crippen LogP contribution is 2.37. The van der Waals surface area contributed by atoms with Crippen LogP contribution >= 0.6 is 23.2 Å². The van der Waals surface area contributed by atoms with E-state index in [0.717, 1.165) is 0 Å². The van der Waals surface area contributed by atoms with Gasteiger partial charge < -0.3 is 20.5 Å². The fourth-order valence-corrected chi connectivity index (χ4v) is 2.65. The maximum atomic E-state index is 12.4. The Labute approximate surface area is 171 Å². The number of carbonyl (C=O) groups is 2. The molecule has 7 nitrogen and oxygen atoms in total. The lowest BCUT2D eigenvalue weighted by atomic mass is 10.1. The number of benzene rings is 2. The van der Waals surface area contributed by atoms with Crippen molar-refractivity contribution in [2.75, 3.05) is 19.0 Å². The molecule has 2 rings (SSSR count). The van der Waals surface area contributed by atoms with Gasteiger partial charge in [-0.3, -0.25) is 9.59 Å². The molecule has 3 N–H and O–H groups in total. The van der Waals surface area contributed by atoms with E-state index in [2.05, 4.69) is 5.32 Å². The maximum Gasteiger partial charge on any atom is 0.266 e. The van der Waals surface area contributed by atoms with Crippen molar-refractivity contribution in [3.05, 3.63) is 57.6 Å². The van der Waals surface area contributed by atoms with Crippen LogP contribution in [0.5, 0.6) is 11.5 Å².